The van der Waals surface area contributed by atoms with Gasteiger partial charge in [-0.3, -0.25) is 0 Å². The molecule has 0 aliphatic rings. The molecule has 2 heteroatoms. The molecule has 96 valence electrons. The highest BCUT2D eigenvalue weighted by Crippen LogP contribution is 2.17. The Labute approximate surface area is 105 Å². The van der Waals surface area contributed by atoms with E-state index in [-0.39, 0.29) is 0 Å². The smallest absolute Gasteiger partial charge is 0.0814 e. The monoisotopic (exact) mass is 235 g/mol. The summed E-state index contributed by atoms with van der Waals surface area (Å²) in [5.41, 5.74) is 1.88. The number of rotatable bonds is 7. The van der Waals surface area contributed by atoms with Crippen LogP contribution in [0.25, 0.3) is 0 Å². The van der Waals surface area contributed by atoms with Gasteiger partial charge in [-0.05, 0) is 37.0 Å². The first-order valence-corrected chi connectivity index (χ1v) is 6.68. The Bertz CT molecular complexity index is 331. The van der Waals surface area contributed by atoms with Crippen LogP contribution >= 0.6 is 0 Å². The fraction of sp³-hybridized carbons (Fsp3) is 0.600. The van der Waals surface area contributed by atoms with Gasteiger partial charge in [0.05, 0.1) is 5.60 Å². The molecule has 0 amide bonds. The summed E-state index contributed by atoms with van der Waals surface area (Å²) >= 11 is 0. The van der Waals surface area contributed by atoms with E-state index in [1.54, 1.807) is 0 Å². The highest BCUT2D eigenvalue weighted by atomic mass is 16.3. The van der Waals surface area contributed by atoms with E-state index < -0.39 is 5.60 Å². The van der Waals surface area contributed by atoms with Gasteiger partial charge in [0.1, 0.15) is 0 Å². The van der Waals surface area contributed by atoms with Crippen LogP contribution < -0.4 is 5.32 Å². The highest BCUT2D eigenvalue weighted by molar-refractivity contribution is 5.46. The van der Waals surface area contributed by atoms with Crippen LogP contribution in [0.4, 0.5) is 5.69 Å². The molecule has 0 saturated carbocycles. The van der Waals surface area contributed by atoms with Crippen molar-refractivity contribution < 1.29 is 5.11 Å². The Balaban J connectivity index is 2.59. The minimum atomic E-state index is -0.583. The summed E-state index contributed by atoms with van der Waals surface area (Å²) < 4.78 is 0. The molecule has 0 bridgehead atoms. The van der Waals surface area contributed by atoms with Crippen molar-refractivity contribution in [1.29, 1.82) is 0 Å². The van der Waals surface area contributed by atoms with Crippen molar-refractivity contribution in [2.75, 3.05) is 11.9 Å². The number of aliphatic hydroxyl groups is 1. The van der Waals surface area contributed by atoms with E-state index in [4.69, 9.17) is 0 Å². The number of hydrogen-bond acceptors (Lipinski definition) is 2. The van der Waals surface area contributed by atoms with Gasteiger partial charge in [-0.1, -0.05) is 39.3 Å². The average molecular weight is 235 g/mol. The lowest BCUT2D eigenvalue weighted by atomic mass is 9.97. The average Bonchev–Trinajstić information content (AvgIpc) is 2.37. The molecule has 0 atom stereocenters. The van der Waals surface area contributed by atoms with Crippen LogP contribution in [0.1, 0.15) is 45.6 Å². The van der Waals surface area contributed by atoms with Crippen molar-refractivity contribution in [3.8, 4) is 0 Å². The second-order valence-electron chi connectivity index (χ2n) is 4.74. The van der Waals surface area contributed by atoms with Gasteiger partial charge in [0.25, 0.3) is 0 Å². The normalized spacial score (nSPS) is 11.5. The largest absolute Gasteiger partial charge is 0.388 e. The Kier molecular flexibility index (Phi) is 5.49. The van der Waals surface area contributed by atoms with Gasteiger partial charge in [-0.2, -0.15) is 0 Å². The van der Waals surface area contributed by atoms with Crippen molar-refractivity contribution in [2.45, 2.75) is 52.1 Å². The first kappa shape index (κ1) is 14.0. The third-order valence-electron chi connectivity index (χ3n) is 3.40. The fourth-order valence-electron chi connectivity index (χ4n) is 1.89. The predicted molar refractivity (Wildman–Crippen MR) is 74.5 cm³/mol. The quantitative estimate of drug-likeness (QED) is 0.757. The molecule has 2 nitrogen and oxygen atoms in total. The second-order valence-corrected chi connectivity index (χ2v) is 4.74. The first-order chi connectivity index (χ1) is 8.13. The van der Waals surface area contributed by atoms with E-state index >= 15 is 0 Å². The third-order valence-corrected chi connectivity index (χ3v) is 3.40. The summed E-state index contributed by atoms with van der Waals surface area (Å²) in [6, 6.07) is 8.46. The Morgan fingerprint density at radius 2 is 1.88 bits per heavy atom. The Hall–Kier alpha value is -1.02. The van der Waals surface area contributed by atoms with E-state index in [1.165, 1.54) is 5.56 Å². The zero-order valence-electron chi connectivity index (χ0n) is 11.3. The van der Waals surface area contributed by atoms with Gasteiger partial charge in [-0.15, -0.1) is 0 Å². The summed E-state index contributed by atoms with van der Waals surface area (Å²) in [5, 5.41) is 13.5. The minimum absolute atomic E-state index is 0.583. The fourth-order valence-corrected chi connectivity index (χ4v) is 1.89. The van der Waals surface area contributed by atoms with Gasteiger partial charge < -0.3 is 10.4 Å². The maximum atomic E-state index is 10.2. The van der Waals surface area contributed by atoms with E-state index in [2.05, 4.69) is 36.5 Å². The molecule has 0 saturated heterocycles. The molecule has 0 aromatic heterocycles. The summed E-state index contributed by atoms with van der Waals surface area (Å²) in [6.07, 6.45) is 3.84. The van der Waals surface area contributed by atoms with E-state index in [0.29, 0.717) is 6.54 Å². The SMILES string of the molecule is CCCc1cccc(NCC(O)(CC)CC)c1. The van der Waals surface area contributed by atoms with Crippen LogP contribution in [0, 0.1) is 0 Å². The first-order valence-electron chi connectivity index (χ1n) is 6.68. The van der Waals surface area contributed by atoms with Gasteiger partial charge in [0, 0.05) is 12.2 Å². The third kappa shape index (κ3) is 4.39. The lowest BCUT2D eigenvalue weighted by Gasteiger charge is -2.26. The summed E-state index contributed by atoms with van der Waals surface area (Å²) in [4.78, 5) is 0. The number of nitrogens with one attached hydrogen (secondary N) is 1. The molecular weight excluding hydrogens is 210 g/mol. The molecule has 0 heterocycles. The van der Waals surface area contributed by atoms with Crippen LogP contribution in [0.15, 0.2) is 24.3 Å². The number of anilines is 1. The molecule has 0 fully saturated rings. The maximum absolute atomic E-state index is 10.2. The van der Waals surface area contributed by atoms with Gasteiger partial charge in [0.2, 0.25) is 0 Å². The van der Waals surface area contributed by atoms with Crippen LogP contribution in [-0.2, 0) is 6.42 Å². The molecule has 0 aliphatic heterocycles. The molecule has 0 spiro atoms. The van der Waals surface area contributed by atoms with Crippen molar-refractivity contribution in [2.24, 2.45) is 0 Å². The minimum Gasteiger partial charge on any atom is -0.388 e. The molecule has 1 aromatic carbocycles. The van der Waals surface area contributed by atoms with Gasteiger partial charge >= 0.3 is 0 Å². The molecule has 0 aliphatic carbocycles. The summed E-state index contributed by atoms with van der Waals surface area (Å²) in [6.45, 7) is 6.86. The van der Waals surface area contributed by atoms with Gasteiger partial charge in [-0.25, -0.2) is 0 Å². The summed E-state index contributed by atoms with van der Waals surface area (Å²) in [5.74, 6) is 0. The highest BCUT2D eigenvalue weighted by Gasteiger charge is 2.21. The topological polar surface area (TPSA) is 32.3 Å². The molecule has 0 unspecified atom stereocenters. The molecule has 1 rings (SSSR count). The molecular formula is C15H25NO. The molecule has 1 aromatic rings. The van der Waals surface area contributed by atoms with Crippen LogP contribution in [-0.4, -0.2) is 17.3 Å². The number of benzene rings is 1. The van der Waals surface area contributed by atoms with Crippen LogP contribution in [0.3, 0.4) is 0 Å². The predicted octanol–water partition coefficient (Wildman–Crippen LogP) is 3.60. The van der Waals surface area contributed by atoms with Crippen molar-refractivity contribution in [3.05, 3.63) is 29.8 Å². The molecule has 0 radical (unpaired) electrons. The van der Waals surface area contributed by atoms with Crippen LogP contribution in [0.5, 0.6) is 0 Å². The standard InChI is InChI=1S/C15H25NO/c1-4-8-13-9-7-10-14(11-13)16-12-15(17,5-2)6-3/h7,9-11,16-17H,4-6,8,12H2,1-3H3. The lowest BCUT2D eigenvalue weighted by molar-refractivity contribution is 0.0457. The van der Waals surface area contributed by atoms with Crippen molar-refractivity contribution >= 4 is 5.69 Å². The van der Waals surface area contributed by atoms with E-state index in [9.17, 15) is 5.11 Å². The zero-order valence-corrected chi connectivity index (χ0v) is 11.3. The second kappa shape index (κ2) is 6.65. The molecule has 17 heavy (non-hydrogen) atoms. The van der Waals surface area contributed by atoms with Gasteiger partial charge in [0.15, 0.2) is 0 Å². The maximum Gasteiger partial charge on any atom is 0.0814 e. The Morgan fingerprint density at radius 1 is 1.18 bits per heavy atom. The number of hydrogen-bond donors (Lipinski definition) is 2. The van der Waals surface area contributed by atoms with Crippen LogP contribution in [0.2, 0.25) is 0 Å². The summed E-state index contributed by atoms with van der Waals surface area (Å²) in [7, 11) is 0. The zero-order chi connectivity index (χ0) is 12.7. The Morgan fingerprint density at radius 3 is 2.47 bits per heavy atom. The molecule has 2 N–H and O–H groups in total. The number of aryl methyl sites for hydroxylation is 1. The lowest BCUT2D eigenvalue weighted by Crippen LogP contribution is -2.35. The van der Waals surface area contributed by atoms with Crippen molar-refractivity contribution in [3.63, 3.8) is 0 Å². The van der Waals surface area contributed by atoms with E-state index in [0.717, 1.165) is 31.4 Å². The van der Waals surface area contributed by atoms with Crippen molar-refractivity contribution in [1.82, 2.24) is 0 Å². The van der Waals surface area contributed by atoms with E-state index in [1.807, 2.05) is 13.8 Å².